The number of imide groups is 1. The third-order valence-corrected chi connectivity index (χ3v) is 4.80. The fourth-order valence-corrected chi connectivity index (χ4v) is 3.37. The van der Waals surface area contributed by atoms with Gasteiger partial charge in [-0.2, -0.15) is 0 Å². The van der Waals surface area contributed by atoms with E-state index in [9.17, 15) is 14.4 Å². The van der Waals surface area contributed by atoms with Crippen molar-refractivity contribution in [3.63, 3.8) is 0 Å². The van der Waals surface area contributed by atoms with Crippen LogP contribution in [0.25, 0.3) is 0 Å². The van der Waals surface area contributed by atoms with Gasteiger partial charge in [-0.1, -0.05) is 26.0 Å². The second-order valence-corrected chi connectivity index (χ2v) is 6.84. The second-order valence-electron chi connectivity index (χ2n) is 6.84. The Morgan fingerprint density at radius 1 is 0.958 bits per heavy atom. The van der Waals surface area contributed by atoms with Gasteiger partial charge in [0.25, 0.3) is 11.8 Å². The Hall–Kier alpha value is -2.21. The lowest BCUT2D eigenvalue weighted by Crippen LogP contribution is -2.57. The summed E-state index contributed by atoms with van der Waals surface area (Å²) in [6, 6.07) is 6.02. The lowest BCUT2D eigenvalue weighted by molar-refractivity contribution is -0.138. The molecule has 0 aliphatic carbocycles. The predicted octanol–water partition coefficient (Wildman–Crippen LogP) is 1.08. The van der Waals surface area contributed by atoms with E-state index in [0.717, 1.165) is 18.0 Å². The van der Waals surface area contributed by atoms with Crippen LogP contribution < -0.4 is 0 Å². The van der Waals surface area contributed by atoms with Gasteiger partial charge in [-0.15, -0.1) is 0 Å². The zero-order chi connectivity index (χ0) is 17.4. The van der Waals surface area contributed by atoms with E-state index in [1.807, 2.05) is 20.9 Å². The van der Waals surface area contributed by atoms with Crippen molar-refractivity contribution in [1.82, 2.24) is 14.7 Å². The first-order valence-corrected chi connectivity index (χ1v) is 8.36. The summed E-state index contributed by atoms with van der Waals surface area (Å²) in [5, 5.41) is 0. The van der Waals surface area contributed by atoms with E-state index >= 15 is 0 Å². The Morgan fingerprint density at radius 2 is 1.46 bits per heavy atom. The summed E-state index contributed by atoms with van der Waals surface area (Å²) in [5.41, 5.74) is 0.777. The average molecular weight is 329 g/mol. The molecule has 0 spiro atoms. The van der Waals surface area contributed by atoms with Gasteiger partial charge in [0.05, 0.1) is 11.1 Å². The van der Waals surface area contributed by atoms with Crippen molar-refractivity contribution in [3.05, 3.63) is 35.4 Å². The van der Waals surface area contributed by atoms with Crippen LogP contribution in [0.4, 0.5) is 0 Å². The maximum atomic E-state index is 13.0. The maximum Gasteiger partial charge on any atom is 0.262 e. The van der Waals surface area contributed by atoms with Gasteiger partial charge in [0.2, 0.25) is 5.91 Å². The molecule has 1 aromatic carbocycles. The van der Waals surface area contributed by atoms with Gasteiger partial charge in [0, 0.05) is 26.2 Å². The summed E-state index contributed by atoms with van der Waals surface area (Å²) in [6.45, 7) is 6.62. The fraction of sp³-hybridized carbons (Fsp3) is 0.500. The number of piperazine rings is 1. The molecule has 0 saturated carbocycles. The first kappa shape index (κ1) is 16.6. The molecule has 0 N–H and O–H groups in total. The Balaban J connectivity index is 1.88. The molecule has 1 atom stereocenters. The normalized spacial score (nSPS) is 19.8. The third-order valence-electron chi connectivity index (χ3n) is 4.80. The van der Waals surface area contributed by atoms with Gasteiger partial charge in [-0.3, -0.25) is 19.3 Å². The molecular formula is C18H23N3O3. The highest BCUT2D eigenvalue weighted by molar-refractivity contribution is 6.22. The smallest absolute Gasteiger partial charge is 0.262 e. The summed E-state index contributed by atoms with van der Waals surface area (Å²) in [7, 11) is 2.02. The lowest BCUT2D eigenvalue weighted by Gasteiger charge is -2.37. The Labute approximate surface area is 142 Å². The number of likely N-dealkylation sites (N-methyl/N-ethyl adjacent to an activating group) is 1. The molecule has 0 radical (unpaired) electrons. The van der Waals surface area contributed by atoms with Crippen LogP contribution >= 0.6 is 0 Å². The van der Waals surface area contributed by atoms with Crippen molar-refractivity contribution in [2.24, 2.45) is 5.92 Å². The van der Waals surface area contributed by atoms with Crippen LogP contribution in [-0.2, 0) is 4.79 Å². The molecular weight excluding hydrogens is 306 g/mol. The van der Waals surface area contributed by atoms with Crippen molar-refractivity contribution >= 4 is 17.7 Å². The molecule has 0 unspecified atom stereocenters. The van der Waals surface area contributed by atoms with Gasteiger partial charge in [0.15, 0.2) is 0 Å². The standard InChI is InChI=1S/C18H23N3O3/c1-12(2)15(18(24)20-10-8-19(3)9-11-20)21-16(22)13-6-4-5-7-14(13)17(21)23/h4-7,12,15H,8-11H2,1-3H3/t15-/m1/s1. The number of hydrogen-bond acceptors (Lipinski definition) is 4. The van der Waals surface area contributed by atoms with Crippen molar-refractivity contribution in [2.45, 2.75) is 19.9 Å². The van der Waals surface area contributed by atoms with Gasteiger partial charge in [-0.25, -0.2) is 0 Å². The summed E-state index contributed by atoms with van der Waals surface area (Å²) >= 11 is 0. The number of fused-ring (bicyclic) bond motifs is 1. The van der Waals surface area contributed by atoms with E-state index in [-0.39, 0.29) is 23.6 Å². The number of benzene rings is 1. The number of hydrogen-bond donors (Lipinski definition) is 0. The Morgan fingerprint density at radius 3 is 1.92 bits per heavy atom. The topological polar surface area (TPSA) is 60.9 Å². The largest absolute Gasteiger partial charge is 0.338 e. The molecule has 0 aromatic heterocycles. The molecule has 6 heteroatoms. The van der Waals surface area contributed by atoms with Gasteiger partial charge in [-0.05, 0) is 25.1 Å². The van der Waals surface area contributed by atoms with E-state index in [4.69, 9.17) is 0 Å². The minimum Gasteiger partial charge on any atom is -0.338 e. The molecule has 6 nitrogen and oxygen atoms in total. The minimum absolute atomic E-state index is 0.132. The molecule has 1 saturated heterocycles. The van der Waals surface area contributed by atoms with Crippen molar-refractivity contribution in [3.8, 4) is 0 Å². The van der Waals surface area contributed by atoms with Crippen LogP contribution in [-0.4, -0.2) is 71.7 Å². The Kier molecular flexibility index (Phi) is 4.41. The molecule has 128 valence electrons. The van der Waals surface area contributed by atoms with E-state index < -0.39 is 6.04 Å². The predicted molar refractivity (Wildman–Crippen MR) is 89.6 cm³/mol. The molecule has 0 bridgehead atoms. The molecule has 1 fully saturated rings. The highest BCUT2D eigenvalue weighted by Crippen LogP contribution is 2.28. The third kappa shape index (κ3) is 2.71. The molecule has 3 rings (SSSR count). The van der Waals surface area contributed by atoms with Gasteiger partial charge < -0.3 is 9.80 Å². The number of carbonyl (C=O) groups is 3. The van der Waals surface area contributed by atoms with Crippen LogP contribution in [0.3, 0.4) is 0 Å². The zero-order valence-corrected chi connectivity index (χ0v) is 14.4. The van der Waals surface area contributed by atoms with E-state index in [2.05, 4.69) is 4.90 Å². The van der Waals surface area contributed by atoms with E-state index in [0.29, 0.717) is 24.2 Å². The molecule has 2 aliphatic rings. The van der Waals surface area contributed by atoms with Crippen molar-refractivity contribution in [2.75, 3.05) is 33.2 Å². The van der Waals surface area contributed by atoms with Crippen LogP contribution in [0.5, 0.6) is 0 Å². The van der Waals surface area contributed by atoms with Crippen LogP contribution in [0.15, 0.2) is 24.3 Å². The zero-order valence-electron chi connectivity index (χ0n) is 14.4. The molecule has 2 heterocycles. The molecule has 3 amide bonds. The minimum atomic E-state index is -0.749. The summed E-state index contributed by atoms with van der Waals surface area (Å²) in [4.78, 5) is 43.6. The number of rotatable bonds is 3. The lowest BCUT2D eigenvalue weighted by atomic mass is 10.0. The number of amides is 3. The second kappa shape index (κ2) is 6.36. The molecule has 1 aromatic rings. The summed E-state index contributed by atoms with van der Waals surface area (Å²) < 4.78 is 0. The number of carbonyl (C=O) groups excluding carboxylic acids is 3. The van der Waals surface area contributed by atoms with Crippen LogP contribution in [0.2, 0.25) is 0 Å². The molecule has 24 heavy (non-hydrogen) atoms. The summed E-state index contributed by atoms with van der Waals surface area (Å²) in [6.07, 6.45) is 0. The number of nitrogens with zero attached hydrogens (tertiary/aromatic N) is 3. The highest BCUT2D eigenvalue weighted by Gasteiger charge is 2.45. The van der Waals surface area contributed by atoms with Crippen molar-refractivity contribution < 1.29 is 14.4 Å². The maximum absolute atomic E-state index is 13.0. The first-order chi connectivity index (χ1) is 11.4. The quantitative estimate of drug-likeness (QED) is 0.779. The monoisotopic (exact) mass is 329 g/mol. The highest BCUT2D eigenvalue weighted by atomic mass is 16.2. The van der Waals surface area contributed by atoms with E-state index in [1.165, 1.54) is 0 Å². The first-order valence-electron chi connectivity index (χ1n) is 8.36. The van der Waals surface area contributed by atoms with Crippen LogP contribution in [0.1, 0.15) is 34.6 Å². The summed E-state index contributed by atoms with van der Waals surface area (Å²) in [5.74, 6) is -1.000. The van der Waals surface area contributed by atoms with Gasteiger partial charge >= 0.3 is 0 Å². The molecule has 2 aliphatic heterocycles. The van der Waals surface area contributed by atoms with E-state index in [1.54, 1.807) is 29.2 Å². The Bertz CT molecular complexity index is 643. The van der Waals surface area contributed by atoms with Crippen molar-refractivity contribution in [1.29, 1.82) is 0 Å². The fourth-order valence-electron chi connectivity index (χ4n) is 3.37. The SMILES string of the molecule is CC(C)[C@H](C(=O)N1CCN(C)CC1)N1C(=O)c2ccccc2C1=O. The van der Waals surface area contributed by atoms with Crippen LogP contribution in [0, 0.1) is 5.92 Å². The average Bonchev–Trinajstić information content (AvgIpc) is 2.81. The van der Waals surface area contributed by atoms with Gasteiger partial charge in [0.1, 0.15) is 6.04 Å².